The van der Waals surface area contributed by atoms with Crippen LogP contribution in [0.4, 0.5) is 0 Å². The summed E-state index contributed by atoms with van der Waals surface area (Å²) in [5.41, 5.74) is 0.861. The Hall–Kier alpha value is 0.350. The molecule has 1 heterocycles. The van der Waals surface area contributed by atoms with Crippen LogP contribution in [0.5, 0.6) is 0 Å². The second-order valence-corrected chi connectivity index (χ2v) is 5.39. The van der Waals surface area contributed by atoms with E-state index in [1.54, 1.807) is 0 Å². The Morgan fingerprint density at radius 3 is 1.92 bits per heavy atom. The highest BCUT2D eigenvalue weighted by atomic mass is 32.2. The lowest BCUT2D eigenvalue weighted by Gasteiger charge is -2.55. The molecule has 12 heavy (non-hydrogen) atoms. The minimum atomic E-state index is 0.861. The molecule has 1 heteroatoms. The van der Waals surface area contributed by atoms with Crippen LogP contribution in [0, 0.1) is 17.3 Å². The second-order valence-electron chi connectivity index (χ2n) is 4.41. The molecular formula is C11H22S. The monoisotopic (exact) mass is 186 g/mol. The fourth-order valence-electron chi connectivity index (χ4n) is 2.15. The molecule has 0 N–H and O–H groups in total. The average Bonchev–Trinajstić information content (AvgIpc) is 1.85. The molecule has 0 atom stereocenters. The van der Waals surface area contributed by atoms with Gasteiger partial charge in [-0.25, -0.2) is 0 Å². The quantitative estimate of drug-likeness (QED) is 0.600. The molecule has 1 saturated heterocycles. The molecule has 72 valence electrons. The van der Waals surface area contributed by atoms with Crippen LogP contribution in [0.25, 0.3) is 0 Å². The summed E-state index contributed by atoms with van der Waals surface area (Å²) in [4.78, 5) is 0. The highest BCUT2D eigenvalue weighted by Gasteiger charge is 2.49. The van der Waals surface area contributed by atoms with Gasteiger partial charge in [0.1, 0.15) is 0 Å². The smallest absolute Gasteiger partial charge is 0.000248 e. The van der Waals surface area contributed by atoms with Gasteiger partial charge in [0.25, 0.3) is 0 Å². The third-order valence-corrected chi connectivity index (χ3v) is 4.78. The molecule has 0 aromatic rings. The maximum atomic E-state index is 2.36. The maximum absolute atomic E-state index is 2.36. The summed E-state index contributed by atoms with van der Waals surface area (Å²) in [6.07, 6.45) is 3.08. The Kier molecular flexibility index (Phi) is 3.51. The molecule has 0 aromatic carbocycles. The van der Waals surface area contributed by atoms with Crippen LogP contribution >= 0.6 is 11.8 Å². The number of hydrogen-bond donors (Lipinski definition) is 0. The van der Waals surface area contributed by atoms with Crippen molar-refractivity contribution in [1.82, 2.24) is 0 Å². The number of hydrogen-bond acceptors (Lipinski definition) is 1. The normalized spacial score (nSPS) is 25.8. The molecule has 2 aliphatic rings. The number of rotatable bonds is 1. The highest BCUT2D eigenvalue weighted by Crippen LogP contribution is 2.57. The van der Waals surface area contributed by atoms with Gasteiger partial charge in [0, 0.05) is 0 Å². The minimum Gasteiger partial charge on any atom is -0.161 e. The molecule has 0 nitrogen and oxygen atoms in total. The average molecular weight is 186 g/mol. The van der Waals surface area contributed by atoms with Crippen molar-refractivity contribution >= 4 is 11.8 Å². The van der Waals surface area contributed by atoms with Gasteiger partial charge in [-0.3, -0.25) is 0 Å². The van der Waals surface area contributed by atoms with Crippen molar-refractivity contribution in [3.05, 3.63) is 0 Å². The molecular weight excluding hydrogens is 164 g/mol. The molecule has 0 amide bonds. The standard InChI is InChI=1S/C9H16S.C2H6/c1-7(2)8-3-9(4-8)5-10-6-9;1-2/h7-8H,3-6H2,1-2H3;1-2H3. The highest BCUT2D eigenvalue weighted by molar-refractivity contribution is 8.00. The van der Waals surface area contributed by atoms with E-state index in [1.165, 1.54) is 24.3 Å². The molecule has 0 aromatic heterocycles. The Labute approximate surface area is 81.5 Å². The first-order chi connectivity index (χ1) is 5.72. The van der Waals surface area contributed by atoms with E-state index in [4.69, 9.17) is 0 Å². The zero-order chi connectivity index (χ0) is 9.19. The molecule has 1 aliphatic carbocycles. The first-order valence-corrected chi connectivity index (χ1v) is 6.45. The largest absolute Gasteiger partial charge is 0.161 e. The molecule has 1 aliphatic heterocycles. The summed E-state index contributed by atoms with van der Waals surface area (Å²) in [7, 11) is 0. The Morgan fingerprint density at radius 1 is 1.17 bits per heavy atom. The van der Waals surface area contributed by atoms with Gasteiger partial charge in [-0.15, -0.1) is 0 Å². The van der Waals surface area contributed by atoms with Gasteiger partial charge in [0.05, 0.1) is 0 Å². The summed E-state index contributed by atoms with van der Waals surface area (Å²) in [6, 6.07) is 0. The van der Waals surface area contributed by atoms with E-state index in [0.717, 1.165) is 17.3 Å². The lowest BCUT2D eigenvalue weighted by Crippen LogP contribution is -2.48. The van der Waals surface area contributed by atoms with Gasteiger partial charge in [0.2, 0.25) is 0 Å². The third kappa shape index (κ3) is 1.81. The van der Waals surface area contributed by atoms with Crippen molar-refractivity contribution in [2.45, 2.75) is 40.5 Å². The van der Waals surface area contributed by atoms with Gasteiger partial charge in [-0.2, -0.15) is 11.8 Å². The van der Waals surface area contributed by atoms with Crippen LogP contribution in [0.1, 0.15) is 40.5 Å². The summed E-state index contributed by atoms with van der Waals surface area (Å²) in [5, 5.41) is 0. The predicted octanol–water partition coefficient (Wildman–Crippen LogP) is 3.81. The van der Waals surface area contributed by atoms with Crippen LogP contribution in [-0.4, -0.2) is 11.5 Å². The number of thioether (sulfide) groups is 1. The fourth-order valence-corrected chi connectivity index (χ4v) is 3.40. The molecule has 2 fully saturated rings. The van der Waals surface area contributed by atoms with Crippen molar-refractivity contribution in [3.63, 3.8) is 0 Å². The van der Waals surface area contributed by atoms with Gasteiger partial charge in [-0.1, -0.05) is 27.7 Å². The van der Waals surface area contributed by atoms with Crippen LogP contribution in [-0.2, 0) is 0 Å². The lowest BCUT2D eigenvalue weighted by molar-refractivity contribution is 0.0601. The van der Waals surface area contributed by atoms with Crippen molar-refractivity contribution < 1.29 is 0 Å². The van der Waals surface area contributed by atoms with E-state index in [1.807, 2.05) is 13.8 Å². The van der Waals surface area contributed by atoms with E-state index < -0.39 is 0 Å². The minimum absolute atomic E-state index is 0.861. The van der Waals surface area contributed by atoms with E-state index in [2.05, 4.69) is 25.6 Å². The van der Waals surface area contributed by atoms with Crippen molar-refractivity contribution in [2.24, 2.45) is 17.3 Å². The Balaban J connectivity index is 0.000000336. The summed E-state index contributed by atoms with van der Waals surface area (Å²) in [6.45, 7) is 8.73. The summed E-state index contributed by atoms with van der Waals surface area (Å²) < 4.78 is 0. The first kappa shape index (κ1) is 10.4. The second kappa shape index (κ2) is 4.04. The molecule has 1 spiro atoms. The van der Waals surface area contributed by atoms with E-state index >= 15 is 0 Å². The van der Waals surface area contributed by atoms with Crippen molar-refractivity contribution in [1.29, 1.82) is 0 Å². The molecule has 2 rings (SSSR count). The van der Waals surface area contributed by atoms with Gasteiger partial charge >= 0.3 is 0 Å². The summed E-state index contributed by atoms with van der Waals surface area (Å²) >= 11 is 2.13. The van der Waals surface area contributed by atoms with Crippen molar-refractivity contribution in [2.75, 3.05) is 11.5 Å². The molecule has 1 saturated carbocycles. The van der Waals surface area contributed by atoms with E-state index in [-0.39, 0.29) is 0 Å². The van der Waals surface area contributed by atoms with Crippen LogP contribution < -0.4 is 0 Å². The van der Waals surface area contributed by atoms with Gasteiger partial charge < -0.3 is 0 Å². The Bertz CT molecular complexity index is 128. The van der Waals surface area contributed by atoms with Crippen LogP contribution in [0.2, 0.25) is 0 Å². The first-order valence-electron chi connectivity index (χ1n) is 5.30. The van der Waals surface area contributed by atoms with Crippen LogP contribution in [0.3, 0.4) is 0 Å². The van der Waals surface area contributed by atoms with E-state index in [0.29, 0.717) is 0 Å². The van der Waals surface area contributed by atoms with E-state index in [9.17, 15) is 0 Å². The van der Waals surface area contributed by atoms with Gasteiger partial charge in [0.15, 0.2) is 0 Å². The molecule has 0 bridgehead atoms. The topological polar surface area (TPSA) is 0 Å². The fraction of sp³-hybridized carbons (Fsp3) is 1.00. The zero-order valence-electron chi connectivity index (χ0n) is 8.89. The molecule has 0 unspecified atom stereocenters. The lowest BCUT2D eigenvalue weighted by atomic mass is 9.60. The van der Waals surface area contributed by atoms with Crippen molar-refractivity contribution in [3.8, 4) is 0 Å². The third-order valence-electron chi connectivity index (χ3n) is 3.15. The van der Waals surface area contributed by atoms with Crippen LogP contribution in [0.15, 0.2) is 0 Å². The maximum Gasteiger partial charge on any atom is -0.000248 e. The van der Waals surface area contributed by atoms with Gasteiger partial charge in [-0.05, 0) is 41.6 Å². The Morgan fingerprint density at radius 2 is 1.67 bits per heavy atom. The zero-order valence-corrected chi connectivity index (χ0v) is 9.71. The predicted molar refractivity (Wildman–Crippen MR) is 58.7 cm³/mol. The summed E-state index contributed by atoms with van der Waals surface area (Å²) in [5.74, 6) is 4.95. The SMILES string of the molecule is CC.CC(C)C1CC2(CSC2)C1. The molecule has 0 radical (unpaired) electrons.